The molecule has 1 atom stereocenters. The lowest BCUT2D eigenvalue weighted by Crippen LogP contribution is -2.53. The molecular weight excluding hydrogens is 248 g/mol. The van der Waals surface area contributed by atoms with E-state index in [0.717, 1.165) is 26.2 Å². The van der Waals surface area contributed by atoms with Crippen LogP contribution in [-0.2, 0) is 13.0 Å². The van der Waals surface area contributed by atoms with Gasteiger partial charge >= 0.3 is 0 Å². The molecule has 2 aliphatic heterocycles. The molecule has 20 heavy (non-hydrogen) atoms. The summed E-state index contributed by atoms with van der Waals surface area (Å²) in [5, 5.41) is 7.16. The van der Waals surface area contributed by atoms with Crippen LogP contribution in [0.3, 0.4) is 0 Å². The maximum atomic E-state index is 3.64. The van der Waals surface area contributed by atoms with Gasteiger partial charge in [0.15, 0.2) is 0 Å². The maximum Gasteiger partial charge on any atom is 0.0419 e. The quantitative estimate of drug-likeness (QED) is 0.857. The number of para-hydroxylation sites is 1. The Morgan fingerprint density at radius 3 is 3.10 bits per heavy atom. The van der Waals surface area contributed by atoms with Crippen molar-refractivity contribution in [2.75, 3.05) is 52.1 Å². The van der Waals surface area contributed by atoms with Gasteiger partial charge in [-0.1, -0.05) is 18.2 Å². The number of rotatable bonds is 4. The van der Waals surface area contributed by atoms with E-state index in [1.165, 1.54) is 36.3 Å². The van der Waals surface area contributed by atoms with Crippen molar-refractivity contribution < 1.29 is 0 Å². The van der Waals surface area contributed by atoms with Crippen LogP contribution in [0.15, 0.2) is 18.2 Å². The summed E-state index contributed by atoms with van der Waals surface area (Å²) in [4.78, 5) is 4.90. The molecule has 2 N–H and O–H groups in total. The van der Waals surface area contributed by atoms with E-state index in [0.29, 0.717) is 6.04 Å². The highest BCUT2D eigenvalue weighted by Gasteiger charge is 2.21. The summed E-state index contributed by atoms with van der Waals surface area (Å²) in [6, 6.07) is 7.28. The minimum atomic E-state index is 0.624. The zero-order chi connectivity index (χ0) is 13.9. The van der Waals surface area contributed by atoms with Gasteiger partial charge < -0.3 is 15.5 Å². The van der Waals surface area contributed by atoms with Gasteiger partial charge in [-0.2, -0.15) is 0 Å². The predicted molar refractivity (Wildman–Crippen MR) is 84.3 cm³/mol. The second-order valence-corrected chi connectivity index (χ2v) is 6.16. The highest BCUT2D eigenvalue weighted by molar-refractivity contribution is 5.61. The number of hydrogen-bond acceptors (Lipinski definition) is 4. The monoisotopic (exact) mass is 274 g/mol. The average Bonchev–Trinajstić information content (AvgIpc) is 2.92. The SMILES string of the molecule is CN1CCN(C)C(CNCc2cccc3c2NCC3)C1. The predicted octanol–water partition coefficient (Wildman–Crippen LogP) is 0.990. The lowest BCUT2D eigenvalue weighted by Gasteiger charge is -2.37. The van der Waals surface area contributed by atoms with Crippen LogP contribution in [-0.4, -0.2) is 62.7 Å². The third-order valence-electron chi connectivity index (χ3n) is 4.61. The van der Waals surface area contributed by atoms with E-state index in [4.69, 9.17) is 0 Å². The summed E-state index contributed by atoms with van der Waals surface area (Å²) in [6.45, 7) is 6.63. The first-order valence-corrected chi connectivity index (χ1v) is 7.68. The topological polar surface area (TPSA) is 30.5 Å². The van der Waals surface area contributed by atoms with Gasteiger partial charge in [-0.3, -0.25) is 4.90 Å². The van der Waals surface area contributed by atoms with Crippen molar-refractivity contribution in [2.24, 2.45) is 0 Å². The van der Waals surface area contributed by atoms with E-state index in [1.54, 1.807) is 0 Å². The Labute approximate surface area is 122 Å². The van der Waals surface area contributed by atoms with Gasteiger partial charge in [0.25, 0.3) is 0 Å². The highest BCUT2D eigenvalue weighted by atomic mass is 15.3. The first kappa shape index (κ1) is 13.9. The molecule has 0 saturated carbocycles. The van der Waals surface area contributed by atoms with E-state index in [2.05, 4.69) is 52.7 Å². The molecule has 1 saturated heterocycles. The molecule has 0 spiro atoms. The molecule has 2 heterocycles. The Balaban J connectivity index is 1.54. The summed E-state index contributed by atoms with van der Waals surface area (Å²) in [5.41, 5.74) is 4.25. The minimum Gasteiger partial charge on any atom is -0.384 e. The van der Waals surface area contributed by atoms with Crippen LogP contribution in [0.2, 0.25) is 0 Å². The van der Waals surface area contributed by atoms with Crippen molar-refractivity contribution >= 4 is 5.69 Å². The number of fused-ring (bicyclic) bond motifs is 1. The summed E-state index contributed by atoms with van der Waals surface area (Å²) < 4.78 is 0. The summed E-state index contributed by atoms with van der Waals surface area (Å²) >= 11 is 0. The molecule has 0 radical (unpaired) electrons. The van der Waals surface area contributed by atoms with E-state index < -0.39 is 0 Å². The van der Waals surface area contributed by atoms with Crippen LogP contribution in [0.5, 0.6) is 0 Å². The van der Waals surface area contributed by atoms with Gasteiger partial charge in [0.1, 0.15) is 0 Å². The van der Waals surface area contributed by atoms with Crippen LogP contribution in [0, 0.1) is 0 Å². The van der Waals surface area contributed by atoms with Gasteiger partial charge in [0.2, 0.25) is 0 Å². The fourth-order valence-corrected chi connectivity index (χ4v) is 3.25. The van der Waals surface area contributed by atoms with E-state index in [9.17, 15) is 0 Å². The first-order valence-electron chi connectivity index (χ1n) is 7.68. The summed E-state index contributed by atoms with van der Waals surface area (Å²) in [5.74, 6) is 0. The third kappa shape index (κ3) is 2.97. The lowest BCUT2D eigenvalue weighted by atomic mass is 10.1. The van der Waals surface area contributed by atoms with Crippen LogP contribution in [0.4, 0.5) is 5.69 Å². The maximum absolute atomic E-state index is 3.64. The van der Waals surface area contributed by atoms with Gasteiger partial charge in [0, 0.05) is 51.0 Å². The van der Waals surface area contributed by atoms with Crippen LogP contribution in [0.25, 0.3) is 0 Å². The molecule has 0 aliphatic carbocycles. The molecule has 3 rings (SSSR count). The molecule has 1 aromatic carbocycles. The van der Waals surface area contributed by atoms with Crippen molar-refractivity contribution in [3.05, 3.63) is 29.3 Å². The minimum absolute atomic E-state index is 0.624. The summed E-state index contributed by atoms with van der Waals surface area (Å²) in [7, 11) is 4.45. The molecule has 0 amide bonds. The van der Waals surface area contributed by atoms with Gasteiger partial charge in [0.05, 0.1) is 0 Å². The number of benzene rings is 1. The molecule has 0 aromatic heterocycles. The van der Waals surface area contributed by atoms with Crippen molar-refractivity contribution in [3.63, 3.8) is 0 Å². The zero-order valence-corrected chi connectivity index (χ0v) is 12.7. The highest BCUT2D eigenvalue weighted by Crippen LogP contribution is 2.26. The smallest absolute Gasteiger partial charge is 0.0419 e. The molecule has 110 valence electrons. The Bertz CT molecular complexity index is 460. The number of hydrogen-bond donors (Lipinski definition) is 2. The average molecular weight is 274 g/mol. The molecule has 1 fully saturated rings. The molecule has 1 aromatic rings. The Morgan fingerprint density at radius 1 is 1.30 bits per heavy atom. The number of nitrogens with zero attached hydrogens (tertiary/aromatic N) is 2. The third-order valence-corrected chi connectivity index (χ3v) is 4.61. The number of nitrogens with one attached hydrogen (secondary N) is 2. The fraction of sp³-hybridized carbons (Fsp3) is 0.625. The standard InChI is InChI=1S/C16H26N4/c1-19-8-9-20(2)15(12-19)11-17-10-14-5-3-4-13-6-7-18-16(13)14/h3-5,15,17-18H,6-12H2,1-2H3. The second-order valence-electron chi connectivity index (χ2n) is 6.16. The summed E-state index contributed by atoms with van der Waals surface area (Å²) in [6.07, 6.45) is 1.17. The van der Waals surface area contributed by atoms with Crippen molar-refractivity contribution in [1.82, 2.24) is 15.1 Å². The van der Waals surface area contributed by atoms with Gasteiger partial charge in [-0.25, -0.2) is 0 Å². The van der Waals surface area contributed by atoms with Crippen molar-refractivity contribution in [2.45, 2.75) is 19.0 Å². The van der Waals surface area contributed by atoms with Crippen molar-refractivity contribution in [1.29, 1.82) is 0 Å². The van der Waals surface area contributed by atoms with E-state index in [1.807, 2.05) is 0 Å². The number of piperazine rings is 1. The van der Waals surface area contributed by atoms with Crippen LogP contribution >= 0.6 is 0 Å². The van der Waals surface area contributed by atoms with Gasteiger partial charge in [-0.05, 0) is 31.6 Å². The van der Waals surface area contributed by atoms with E-state index in [-0.39, 0.29) is 0 Å². The lowest BCUT2D eigenvalue weighted by molar-refractivity contribution is 0.113. The second kappa shape index (κ2) is 6.12. The Kier molecular flexibility index (Phi) is 4.24. The van der Waals surface area contributed by atoms with Crippen molar-refractivity contribution in [3.8, 4) is 0 Å². The fourth-order valence-electron chi connectivity index (χ4n) is 3.25. The zero-order valence-electron chi connectivity index (χ0n) is 12.7. The Morgan fingerprint density at radius 2 is 2.20 bits per heavy atom. The van der Waals surface area contributed by atoms with Crippen LogP contribution in [0.1, 0.15) is 11.1 Å². The molecule has 2 aliphatic rings. The Hall–Kier alpha value is -1.10. The number of likely N-dealkylation sites (N-methyl/N-ethyl adjacent to an activating group) is 2. The number of anilines is 1. The molecule has 0 bridgehead atoms. The largest absolute Gasteiger partial charge is 0.384 e. The molecule has 4 heteroatoms. The molecular formula is C16H26N4. The van der Waals surface area contributed by atoms with Gasteiger partial charge in [-0.15, -0.1) is 0 Å². The first-order chi connectivity index (χ1) is 9.74. The van der Waals surface area contributed by atoms with E-state index >= 15 is 0 Å². The molecule has 1 unspecified atom stereocenters. The molecule has 4 nitrogen and oxygen atoms in total. The van der Waals surface area contributed by atoms with Crippen LogP contribution < -0.4 is 10.6 Å². The normalized spacial score (nSPS) is 23.6.